The van der Waals surface area contributed by atoms with Crippen molar-refractivity contribution in [2.75, 3.05) is 13.2 Å². The molecule has 0 fully saturated rings. The molecule has 0 spiro atoms. The molecule has 0 N–H and O–H groups in total. The van der Waals surface area contributed by atoms with Crippen LogP contribution in [0.2, 0.25) is 0 Å². The smallest absolute Gasteiger partial charge is 0.453 e. The zero-order valence-electron chi connectivity index (χ0n) is 13.1. The Labute approximate surface area is 133 Å². The van der Waals surface area contributed by atoms with Gasteiger partial charge in [-0.1, -0.05) is 6.92 Å². The lowest BCUT2D eigenvalue weighted by atomic mass is 9.91. The molecule has 0 aromatic heterocycles. The standard InChI is InChI=1S/C13H17F7O4/c1-4-10(2,3)8(21)23-5-6-24-9(22)11(14,15)7-12(16,17)13(18,19)20/h4-7H2,1-3H3. The highest BCUT2D eigenvalue weighted by Gasteiger charge is 2.64. The topological polar surface area (TPSA) is 52.6 Å². The van der Waals surface area contributed by atoms with Gasteiger partial charge < -0.3 is 9.47 Å². The molecule has 24 heavy (non-hydrogen) atoms. The van der Waals surface area contributed by atoms with Gasteiger partial charge in [0.25, 0.3) is 0 Å². The van der Waals surface area contributed by atoms with Crippen LogP contribution in [0.25, 0.3) is 0 Å². The molecule has 4 nitrogen and oxygen atoms in total. The van der Waals surface area contributed by atoms with E-state index >= 15 is 0 Å². The van der Waals surface area contributed by atoms with Gasteiger partial charge in [0.05, 0.1) is 11.8 Å². The summed E-state index contributed by atoms with van der Waals surface area (Å²) in [4.78, 5) is 22.5. The van der Waals surface area contributed by atoms with E-state index in [0.717, 1.165) is 0 Å². The molecule has 0 unspecified atom stereocenters. The Morgan fingerprint density at radius 1 is 0.833 bits per heavy atom. The maximum atomic E-state index is 13.1. The fourth-order valence-corrected chi connectivity index (χ4v) is 1.17. The quantitative estimate of drug-likeness (QED) is 0.371. The number of halogens is 7. The van der Waals surface area contributed by atoms with Crippen LogP contribution in [0, 0.1) is 5.41 Å². The predicted octanol–water partition coefficient (Wildman–Crippen LogP) is 3.73. The van der Waals surface area contributed by atoms with Crippen LogP contribution in [-0.2, 0) is 19.1 Å². The van der Waals surface area contributed by atoms with Gasteiger partial charge >= 0.3 is 30.0 Å². The normalized spacial score (nSPS) is 13.6. The third-order valence-corrected chi connectivity index (χ3v) is 3.14. The second kappa shape index (κ2) is 7.56. The molecule has 0 aromatic rings. The molecule has 0 bridgehead atoms. The van der Waals surface area contributed by atoms with E-state index in [1.807, 2.05) is 0 Å². The first kappa shape index (κ1) is 22.4. The maximum Gasteiger partial charge on any atom is 0.453 e. The van der Waals surface area contributed by atoms with Crippen LogP contribution in [0.3, 0.4) is 0 Å². The fraction of sp³-hybridized carbons (Fsp3) is 0.846. The van der Waals surface area contributed by atoms with Crippen LogP contribution < -0.4 is 0 Å². The summed E-state index contributed by atoms with van der Waals surface area (Å²) < 4.78 is 95.5. The van der Waals surface area contributed by atoms with Crippen LogP contribution in [0.4, 0.5) is 30.7 Å². The highest BCUT2D eigenvalue weighted by molar-refractivity contribution is 5.78. The Hall–Kier alpha value is -1.55. The van der Waals surface area contributed by atoms with Gasteiger partial charge in [0.15, 0.2) is 0 Å². The summed E-state index contributed by atoms with van der Waals surface area (Å²) in [7, 11) is 0. The number of carbonyl (C=O) groups excluding carboxylic acids is 2. The summed E-state index contributed by atoms with van der Waals surface area (Å²) in [5, 5.41) is 0. The second-order valence-corrected chi connectivity index (χ2v) is 5.59. The third kappa shape index (κ3) is 6.16. The fourth-order valence-electron chi connectivity index (χ4n) is 1.17. The van der Waals surface area contributed by atoms with Crippen molar-refractivity contribution < 1.29 is 49.8 Å². The van der Waals surface area contributed by atoms with Gasteiger partial charge in [-0.05, 0) is 20.3 Å². The lowest BCUT2D eigenvalue weighted by molar-refractivity contribution is -0.299. The van der Waals surface area contributed by atoms with E-state index in [2.05, 4.69) is 9.47 Å². The van der Waals surface area contributed by atoms with Crippen molar-refractivity contribution >= 4 is 11.9 Å². The van der Waals surface area contributed by atoms with Crippen molar-refractivity contribution in [2.45, 2.75) is 51.6 Å². The van der Waals surface area contributed by atoms with Crippen molar-refractivity contribution in [3.8, 4) is 0 Å². The number of hydrogen-bond acceptors (Lipinski definition) is 4. The molecular weight excluding hydrogens is 353 g/mol. The minimum absolute atomic E-state index is 0.399. The van der Waals surface area contributed by atoms with Crippen molar-refractivity contribution in [1.82, 2.24) is 0 Å². The number of rotatable bonds is 8. The third-order valence-electron chi connectivity index (χ3n) is 3.14. The molecule has 0 atom stereocenters. The van der Waals surface area contributed by atoms with Crippen molar-refractivity contribution in [3.63, 3.8) is 0 Å². The number of esters is 2. The number of alkyl halides is 7. The summed E-state index contributed by atoms with van der Waals surface area (Å²) in [6.45, 7) is 3.21. The molecule has 0 heterocycles. The molecule has 0 aliphatic rings. The van der Waals surface area contributed by atoms with E-state index in [1.54, 1.807) is 6.92 Å². The zero-order valence-corrected chi connectivity index (χ0v) is 13.1. The van der Waals surface area contributed by atoms with Crippen molar-refractivity contribution in [2.24, 2.45) is 5.41 Å². The Kier molecular flexibility index (Phi) is 7.07. The molecule has 11 heteroatoms. The summed E-state index contributed by atoms with van der Waals surface area (Å²) in [6.07, 6.45) is -8.89. The minimum atomic E-state index is -6.22. The SMILES string of the molecule is CCC(C)(C)C(=O)OCCOC(=O)C(F)(F)CC(F)(F)C(F)(F)F. The average Bonchev–Trinajstić information content (AvgIpc) is 2.40. The molecule has 0 saturated heterocycles. The van der Waals surface area contributed by atoms with Crippen LogP contribution in [0.1, 0.15) is 33.6 Å². The maximum absolute atomic E-state index is 13.1. The minimum Gasteiger partial charge on any atom is -0.462 e. The molecule has 142 valence electrons. The van der Waals surface area contributed by atoms with Crippen molar-refractivity contribution in [1.29, 1.82) is 0 Å². The molecule has 0 aliphatic carbocycles. The summed E-state index contributed by atoms with van der Waals surface area (Å²) in [5.41, 5.74) is -0.872. The van der Waals surface area contributed by atoms with Gasteiger partial charge in [0, 0.05) is 0 Å². The van der Waals surface area contributed by atoms with Crippen LogP contribution >= 0.6 is 0 Å². The molecule has 0 aromatic carbocycles. The average molecular weight is 370 g/mol. The first-order valence-electron chi connectivity index (χ1n) is 6.73. The number of carbonyl (C=O) groups is 2. The largest absolute Gasteiger partial charge is 0.462 e. The number of ether oxygens (including phenoxy) is 2. The van der Waals surface area contributed by atoms with E-state index in [-0.39, 0.29) is 0 Å². The van der Waals surface area contributed by atoms with Crippen LogP contribution in [0.15, 0.2) is 0 Å². The Morgan fingerprint density at radius 3 is 1.62 bits per heavy atom. The molecular formula is C13H17F7O4. The summed E-state index contributed by atoms with van der Waals surface area (Å²) in [6, 6.07) is 0. The van der Waals surface area contributed by atoms with Gasteiger partial charge in [-0.2, -0.15) is 30.7 Å². The molecule has 0 rings (SSSR count). The second-order valence-electron chi connectivity index (χ2n) is 5.59. The number of hydrogen-bond donors (Lipinski definition) is 0. The molecule has 0 saturated carbocycles. The van der Waals surface area contributed by atoms with Crippen LogP contribution in [-0.4, -0.2) is 43.2 Å². The first-order valence-corrected chi connectivity index (χ1v) is 6.73. The monoisotopic (exact) mass is 370 g/mol. The predicted molar refractivity (Wildman–Crippen MR) is 66.6 cm³/mol. The van der Waals surface area contributed by atoms with Gasteiger partial charge in [-0.3, -0.25) is 4.79 Å². The van der Waals surface area contributed by atoms with Crippen molar-refractivity contribution in [3.05, 3.63) is 0 Å². The van der Waals surface area contributed by atoms with E-state index < -0.39 is 55.0 Å². The first-order chi connectivity index (χ1) is 10.6. The zero-order chi connectivity index (χ0) is 19.4. The molecule has 0 amide bonds. The summed E-state index contributed by atoms with van der Waals surface area (Å²) >= 11 is 0. The van der Waals surface area contributed by atoms with E-state index in [4.69, 9.17) is 0 Å². The molecule has 0 radical (unpaired) electrons. The van der Waals surface area contributed by atoms with E-state index in [0.29, 0.717) is 6.42 Å². The summed E-state index contributed by atoms with van der Waals surface area (Å²) in [5.74, 6) is -14.1. The Balaban J connectivity index is 4.49. The highest BCUT2D eigenvalue weighted by atomic mass is 19.4. The Morgan fingerprint density at radius 2 is 1.25 bits per heavy atom. The van der Waals surface area contributed by atoms with Gasteiger partial charge in [-0.25, -0.2) is 4.79 Å². The van der Waals surface area contributed by atoms with Gasteiger partial charge in [0.1, 0.15) is 13.2 Å². The van der Waals surface area contributed by atoms with Gasteiger partial charge in [0.2, 0.25) is 0 Å². The lowest BCUT2D eigenvalue weighted by Crippen LogP contribution is -2.45. The van der Waals surface area contributed by atoms with E-state index in [9.17, 15) is 40.3 Å². The van der Waals surface area contributed by atoms with E-state index in [1.165, 1.54) is 13.8 Å². The highest BCUT2D eigenvalue weighted by Crippen LogP contribution is 2.42. The Bertz CT molecular complexity index is 458. The molecule has 0 aliphatic heterocycles. The lowest BCUT2D eigenvalue weighted by Gasteiger charge is -2.24. The van der Waals surface area contributed by atoms with Crippen LogP contribution in [0.5, 0.6) is 0 Å². The van der Waals surface area contributed by atoms with Gasteiger partial charge in [-0.15, -0.1) is 0 Å².